The van der Waals surface area contributed by atoms with E-state index in [-0.39, 0.29) is 61.6 Å². The summed E-state index contributed by atoms with van der Waals surface area (Å²) in [5.41, 5.74) is 3.32. The Morgan fingerprint density at radius 3 is 2.49 bits per heavy atom. The molecule has 2 aromatic rings. The fourth-order valence-corrected chi connectivity index (χ4v) is 9.70. The Morgan fingerprint density at radius 1 is 1.06 bits per heavy atom. The molecule has 2 aromatic carbocycles. The monoisotopic (exact) mass is 732 g/mol. The molecule has 10 heteroatoms. The number of unbranched alkanes of at least 4 members (excludes halogenated alkanes) is 2. The SMILES string of the molecule is C=CCO[C@@]12Oc3ccc(O)cc3[C@H]3[C@H](CCCCO)[C@@H](CCCCO)C=C(C(=NOC)C[C@@H]1N(Cc1ccc(F)cc1)C(=O)CCC1CCCC1)[C@H]32. The molecule has 0 unspecified atom stereocenters. The molecule has 1 aliphatic heterocycles. The zero-order valence-corrected chi connectivity index (χ0v) is 31.1. The highest BCUT2D eigenvalue weighted by Crippen LogP contribution is 2.62. The van der Waals surface area contributed by atoms with Gasteiger partial charge in [-0.1, -0.05) is 68.0 Å². The Kier molecular flexibility index (Phi) is 13.3. The number of amides is 1. The smallest absolute Gasteiger partial charge is 0.239 e. The van der Waals surface area contributed by atoms with Gasteiger partial charge in [-0.25, -0.2) is 4.39 Å². The number of benzene rings is 2. The lowest BCUT2D eigenvalue weighted by atomic mass is 9.55. The number of phenolic OH excluding ortho intramolecular Hbond substituents is 1. The van der Waals surface area contributed by atoms with E-state index < -0.39 is 17.7 Å². The standard InChI is InChI=1S/C43H57FN2O7/c1-3-24-52-43-39(46(28-30-14-17-32(44)18-15-30)40(50)21-16-29-10-4-5-11-29)27-37(45-51-2)35-25-31(12-6-8-22-47)34(13-7-9-23-48)41(42(35)43)36-26-33(49)19-20-38(36)53-43/h3,14-15,17-20,25-26,29,31,34,39,41-42,47-49H,1,4-13,16,21-24,27-28H2,2H3/t31-,34+,39-,41+,42+,43+/m0/s1. The van der Waals surface area contributed by atoms with E-state index in [1.807, 2.05) is 4.90 Å². The van der Waals surface area contributed by atoms with E-state index in [1.54, 1.807) is 36.4 Å². The van der Waals surface area contributed by atoms with Crippen LogP contribution in [0.1, 0.15) is 101 Å². The first-order valence-electron chi connectivity index (χ1n) is 19.7. The summed E-state index contributed by atoms with van der Waals surface area (Å²) in [6, 6.07) is 10.8. The molecular formula is C43H57FN2O7. The average Bonchev–Trinajstić information content (AvgIpc) is 3.69. The van der Waals surface area contributed by atoms with Gasteiger partial charge in [0, 0.05) is 44.1 Å². The lowest BCUT2D eigenvalue weighted by Crippen LogP contribution is -2.70. The van der Waals surface area contributed by atoms with Gasteiger partial charge in [0.25, 0.3) is 0 Å². The van der Waals surface area contributed by atoms with Crippen molar-refractivity contribution in [1.82, 2.24) is 4.90 Å². The maximum Gasteiger partial charge on any atom is 0.239 e. The Balaban J connectivity index is 1.54. The second kappa shape index (κ2) is 18.1. The molecule has 6 atom stereocenters. The predicted octanol–water partition coefficient (Wildman–Crippen LogP) is 7.79. The highest BCUT2D eigenvalue weighted by atomic mass is 19.1. The molecule has 1 heterocycles. The Labute approximate surface area is 313 Å². The molecule has 3 aliphatic carbocycles. The number of phenols is 1. The second-order valence-electron chi connectivity index (χ2n) is 15.3. The number of hydrogen-bond donors (Lipinski definition) is 3. The first kappa shape index (κ1) is 39.0. The third-order valence-corrected chi connectivity index (χ3v) is 12.1. The zero-order chi connectivity index (χ0) is 37.4. The number of nitrogens with zero attached hydrogens (tertiary/aromatic N) is 2. The molecule has 288 valence electrons. The highest BCUT2D eigenvalue weighted by Gasteiger charge is 2.65. The number of aliphatic hydroxyl groups is 2. The van der Waals surface area contributed by atoms with Crippen molar-refractivity contribution in [1.29, 1.82) is 0 Å². The van der Waals surface area contributed by atoms with Crippen LogP contribution in [0.15, 0.2) is 71.9 Å². The van der Waals surface area contributed by atoms with Crippen LogP contribution in [0.2, 0.25) is 0 Å². The average molecular weight is 733 g/mol. The van der Waals surface area contributed by atoms with E-state index in [4.69, 9.17) is 14.3 Å². The van der Waals surface area contributed by atoms with Gasteiger partial charge in [0.15, 0.2) is 0 Å². The van der Waals surface area contributed by atoms with Crippen molar-refractivity contribution in [2.75, 3.05) is 26.9 Å². The predicted molar refractivity (Wildman–Crippen MR) is 202 cm³/mol. The highest BCUT2D eigenvalue weighted by molar-refractivity contribution is 6.03. The van der Waals surface area contributed by atoms with Gasteiger partial charge >= 0.3 is 0 Å². The van der Waals surface area contributed by atoms with Gasteiger partial charge < -0.3 is 34.5 Å². The van der Waals surface area contributed by atoms with Crippen molar-refractivity contribution in [2.45, 2.75) is 108 Å². The van der Waals surface area contributed by atoms with Gasteiger partial charge in [-0.15, -0.1) is 6.58 Å². The molecule has 0 bridgehead atoms. The summed E-state index contributed by atoms with van der Waals surface area (Å²) < 4.78 is 28.3. The maximum absolute atomic E-state index is 14.8. The molecule has 9 nitrogen and oxygen atoms in total. The summed E-state index contributed by atoms with van der Waals surface area (Å²) in [6.07, 6.45) is 14.7. The summed E-state index contributed by atoms with van der Waals surface area (Å²) in [7, 11) is 1.53. The minimum absolute atomic E-state index is 0.0224. The van der Waals surface area contributed by atoms with Crippen molar-refractivity contribution in [2.24, 2.45) is 28.8 Å². The molecule has 6 rings (SSSR count). The minimum atomic E-state index is -1.38. The molecule has 0 saturated heterocycles. The van der Waals surface area contributed by atoms with Gasteiger partial charge in [0.05, 0.1) is 18.2 Å². The second-order valence-corrected chi connectivity index (χ2v) is 15.3. The third kappa shape index (κ3) is 8.50. The quantitative estimate of drug-likeness (QED) is 0.0813. The van der Waals surface area contributed by atoms with Crippen molar-refractivity contribution in [3.8, 4) is 11.5 Å². The van der Waals surface area contributed by atoms with Crippen molar-refractivity contribution < 1.29 is 38.8 Å². The summed E-state index contributed by atoms with van der Waals surface area (Å²) in [4.78, 5) is 22.2. The van der Waals surface area contributed by atoms with Gasteiger partial charge in [-0.2, -0.15) is 0 Å². The molecule has 53 heavy (non-hydrogen) atoms. The number of aliphatic hydroxyl groups excluding tert-OH is 2. The van der Waals surface area contributed by atoms with Gasteiger partial charge in [-0.05, 0) is 91.3 Å². The number of carbonyl (C=O) groups is 1. The van der Waals surface area contributed by atoms with Crippen LogP contribution < -0.4 is 4.74 Å². The van der Waals surface area contributed by atoms with Crippen molar-refractivity contribution >= 4 is 11.6 Å². The number of hydrogen-bond acceptors (Lipinski definition) is 8. The Morgan fingerprint density at radius 2 is 1.79 bits per heavy atom. The molecule has 0 spiro atoms. The van der Waals surface area contributed by atoms with Gasteiger partial charge in [0.2, 0.25) is 11.7 Å². The number of allylic oxidation sites excluding steroid dienone is 1. The normalized spacial score (nSPS) is 27.1. The third-order valence-electron chi connectivity index (χ3n) is 12.1. The van der Waals surface area contributed by atoms with Crippen LogP contribution in [-0.2, 0) is 20.9 Å². The van der Waals surface area contributed by atoms with Gasteiger partial charge in [0.1, 0.15) is 30.5 Å². The number of aromatic hydroxyl groups is 1. The number of rotatable bonds is 18. The molecular weight excluding hydrogens is 675 g/mol. The lowest BCUT2D eigenvalue weighted by Gasteiger charge is -2.60. The van der Waals surface area contributed by atoms with Crippen LogP contribution in [0.3, 0.4) is 0 Å². The number of halogens is 1. The summed E-state index contributed by atoms with van der Waals surface area (Å²) in [5.74, 6) is -1.00. The minimum Gasteiger partial charge on any atom is -0.508 e. The maximum atomic E-state index is 14.8. The Hall–Kier alpha value is -3.73. The van der Waals surface area contributed by atoms with Crippen LogP contribution in [0.4, 0.5) is 4.39 Å². The lowest BCUT2D eigenvalue weighted by molar-refractivity contribution is -0.258. The van der Waals surface area contributed by atoms with Crippen LogP contribution in [0.5, 0.6) is 11.5 Å². The number of ether oxygens (including phenoxy) is 2. The summed E-state index contributed by atoms with van der Waals surface area (Å²) in [6.45, 7) is 4.59. The number of oxime groups is 1. The molecule has 0 aromatic heterocycles. The fourth-order valence-electron chi connectivity index (χ4n) is 9.70. The molecule has 0 radical (unpaired) electrons. The van der Waals surface area contributed by atoms with E-state index in [2.05, 4.69) is 17.8 Å². The zero-order valence-electron chi connectivity index (χ0n) is 31.1. The first-order valence-corrected chi connectivity index (χ1v) is 19.7. The van der Waals surface area contributed by atoms with Gasteiger partial charge in [-0.3, -0.25) is 4.79 Å². The van der Waals surface area contributed by atoms with Crippen LogP contribution in [-0.4, -0.2) is 70.6 Å². The number of carbonyl (C=O) groups excluding carboxylic acids is 1. The summed E-state index contributed by atoms with van der Waals surface area (Å²) >= 11 is 0. The molecule has 1 amide bonds. The van der Waals surface area contributed by atoms with Crippen LogP contribution >= 0.6 is 0 Å². The topological polar surface area (TPSA) is 121 Å². The van der Waals surface area contributed by atoms with Crippen LogP contribution in [0.25, 0.3) is 0 Å². The largest absolute Gasteiger partial charge is 0.508 e. The molecule has 4 aliphatic rings. The molecule has 2 fully saturated rings. The first-order chi connectivity index (χ1) is 25.8. The van der Waals surface area contributed by atoms with E-state index in [0.29, 0.717) is 43.1 Å². The van der Waals surface area contributed by atoms with E-state index in [1.165, 1.54) is 32.1 Å². The summed E-state index contributed by atoms with van der Waals surface area (Å²) in [5, 5.41) is 35.1. The molecule has 2 saturated carbocycles. The molecule has 3 N–H and O–H groups in total. The van der Waals surface area contributed by atoms with Crippen molar-refractivity contribution in [3.63, 3.8) is 0 Å². The van der Waals surface area contributed by atoms with Crippen molar-refractivity contribution in [3.05, 3.63) is 83.7 Å². The van der Waals surface area contributed by atoms with E-state index >= 15 is 0 Å². The fraction of sp³-hybridized carbons (Fsp3) is 0.581. The number of fused-ring (bicyclic) bond motifs is 2. The van der Waals surface area contributed by atoms with E-state index in [0.717, 1.165) is 61.6 Å². The van der Waals surface area contributed by atoms with E-state index in [9.17, 15) is 24.5 Å². The Bertz CT molecular complexity index is 1610. The van der Waals surface area contributed by atoms with Crippen LogP contribution in [0, 0.1) is 29.5 Å².